The average Bonchev–Trinajstić information content (AvgIpc) is 2.42. The number of nitrogens with zero attached hydrogens (tertiary/aromatic N) is 2. The normalized spacial score (nSPS) is 10.3. The summed E-state index contributed by atoms with van der Waals surface area (Å²) >= 11 is 13.2. The van der Waals surface area contributed by atoms with E-state index in [1.54, 1.807) is 18.6 Å². The van der Waals surface area contributed by atoms with Gasteiger partial charge >= 0.3 is 0 Å². The van der Waals surface area contributed by atoms with Crippen molar-refractivity contribution in [3.8, 4) is 0 Å². The fraction of sp³-hybridized carbons (Fsp3) is 0.0833. The van der Waals surface area contributed by atoms with Crippen LogP contribution < -0.4 is 11.1 Å². The summed E-state index contributed by atoms with van der Waals surface area (Å²) in [5.41, 5.74) is 6.38. The molecule has 0 atom stereocenters. The highest BCUT2D eigenvalue weighted by Gasteiger charge is 2.11. The Bertz CT molecular complexity index is 601. The van der Waals surface area contributed by atoms with E-state index in [1.807, 2.05) is 0 Å². The molecule has 3 N–H and O–H groups in total. The standard InChI is InChI=1S/C12H10Cl2N4OS/c13-8-3-7(15)4-9(14)12(8)18-10(19)6-20-11-5-16-1-2-17-11/h1-5H,6,15H2,(H,18,19). The first-order chi connectivity index (χ1) is 9.56. The minimum atomic E-state index is -0.241. The van der Waals surface area contributed by atoms with Crippen molar-refractivity contribution < 1.29 is 4.79 Å². The zero-order chi connectivity index (χ0) is 14.5. The summed E-state index contributed by atoms with van der Waals surface area (Å²) < 4.78 is 0. The topological polar surface area (TPSA) is 80.9 Å². The molecule has 20 heavy (non-hydrogen) atoms. The van der Waals surface area contributed by atoms with Crippen molar-refractivity contribution in [3.63, 3.8) is 0 Å². The number of hydrogen-bond acceptors (Lipinski definition) is 5. The number of carbonyl (C=O) groups is 1. The largest absolute Gasteiger partial charge is 0.399 e. The van der Waals surface area contributed by atoms with Crippen LogP contribution >= 0.6 is 35.0 Å². The van der Waals surface area contributed by atoms with E-state index in [-0.39, 0.29) is 11.7 Å². The van der Waals surface area contributed by atoms with Crippen molar-refractivity contribution in [2.45, 2.75) is 5.03 Å². The molecule has 104 valence electrons. The van der Waals surface area contributed by atoms with E-state index >= 15 is 0 Å². The van der Waals surface area contributed by atoms with Gasteiger partial charge in [0, 0.05) is 18.1 Å². The van der Waals surface area contributed by atoms with Crippen LogP contribution in [-0.2, 0) is 4.79 Å². The molecule has 0 bridgehead atoms. The highest BCUT2D eigenvalue weighted by molar-refractivity contribution is 7.99. The van der Waals surface area contributed by atoms with E-state index in [2.05, 4.69) is 15.3 Å². The first-order valence-electron chi connectivity index (χ1n) is 5.49. The maximum Gasteiger partial charge on any atom is 0.234 e. The van der Waals surface area contributed by atoms with Crippen molar-refractivity contribution in [2.75, 3.05) is 16.8 Å². The van der Waals surface area contributed by atoms with Gasteiger partial charge < -0.3 is 11.1 Å². The summed E-state index contributed by atoms with van der Waals surface area (Å²) in [7, 11) is 0. The maximum atomic E-state index is 11.8. The molecule has 0 aliphatic rings. The van der Waals surface area contributed by atoms with Crippen LogP contribution in [0, 0.1) is 0 Å². The van der Waals surface area contributed by atoms with Crippen LogP contribution in [0.15, 0.2) is 35.7 Å². The number of nitrogen functional groups attached to an aromatic ring is 1. The third kappa shape index (κ3) is 4.00. The molecular weight excluding hydrogens is 319 g/mol. The Morgan fingerprint density at radius 1 is 1.30 bits per heavy atom. The van der Waals surface area contributed by atoms with Crippen molar-refractivity contribution in [1.82, 2.24) is 9.97 Å². The summed E-state index contributed by atoms with van der Waals surface area (Å²) in [5.74, 6) is -0.0651. The Kier molecular flexibility index (Phi) is 5.05. The third-order valence-electron chi connectivity index (χ3n) is 2.22. The number of aromatic nitrogens is 2. The molecule has 5 nitrogen and oxygen atoms in total. The molecule has 8 heteroatoms. The number of amides is 1. The van der Waals surface area contributed by atoms with Crippen LogP contribution in [0.3, 0.4) is 0 Å². The van der Waals surface area contributed by atoms with Crippen molar-refractivity contribution >= 4 is 52.2 Å². The number of thioether (sulfide) groups is 1. The van der Waals surface area contributed by atoms with Gasteiger partial charge in [-0.05, 0) is 12.1 Å². The summed E-state index contributed by atoms with van der Waals surface area (Å²) in [6.07, 6.45) is 4.72. The minimum absolute atomic E-state index is 0.176. The molecule has 0 fully saturated rings. The smallest absolute Gasteiger partial charge is 0.234 e. The molecule has 0 spiro atoms. The van der Waals surface area contributed by atoms with Crippen molar-refractivity contribution in [1.29, 1.82) is 0 Å². The van der Waals surface area contributed by atoms with Crippen molar-refractivity contribution in [2.24, 2.45) is 0 Å². The van der Waals surface area contributed by atoms with Gasteiger partial charge in [-0.15, -0.1) is 0 Å². The maximum absolute atomic E-state index is 11.8. The highest BCUT2D eigenvalue weighted by Crippen LogP contribution is 2.32. The molecule has 1 heterocycles. The van der Waals surface area contributed by atoms with Gasteiger partial charge in [0.2, 0.25) is 5.91 Å². The van der Waals surface area contributed by atoms with E-state index in [9.17, 15) is 4.79 Å². The van der Waals surface area contributed by atoms with Gasteiger partial charge in [-0.3, -0.25) is 9.78 Å². The molecule has 0 saturated heterocycles. The van der Waals surface area contributed by atoms with Crippen LogP contribution in [0.4, 0.5) is 11.4 Å². The second kappa shape index (κ2) is 6.78. The van der Waals surface area contributed by atoms with E-state index in [1.165, 1.54) is 23.9 Å². The van der Waals surface area contributed by atoms with Crippen LogP contribution in [0.25, 0.3) is 0 Å². The lowest BCUT2D eigenvalue weighted by Crippen LogP contribution is -2.15. The van der Waals surface area contributed by atoms with Crippen LogP contribution in [0.5, 0.6) is 0 Å². The first kappa shape index (κ1) is 14.9. The van der Waals surface area contributed by atoms with E-state index < -0.39 is 0 Å². The molecular formula is C12H10Cl2N4OS. The SMILES string of the molecule is Nc1cc(Cl)c(NC(=O)CSc2cnccn2)c(Cl)c1. The number of benzene rings is 1. The highest BCUT2D eigenvalue weighted by atomic mass is 35.5. The number of halogens is 2. The summed E-state index contributed by atoms with van der Waals surface area (Å²) in [6.45, 7) is 0. The van der Waals surface area contributed by atoms with E-state index in [0.717, 1.165) is 0 Å². The predicted octanol–water partition coefficient (Wildman–Crippen LogP) is 3.10. The fourth-order valence-electron chi connectivity index (χ4n) is 1.39. The molecule has 1 aromatic heterocycles. The van der Waals surface area contributed by atoms with Gasteiger partial charge in [-0.2, -0.15) is 0 Å². The quantitative estimate of drug-likeness (QED) is 0.665. The number of carbonyl (C=O) groups excluding carboxylic acids is 1. The average molecular weight is 329 g/mol. The van der Waals surface area contributed by atoms with Gasteiger partial charge in [-0.25, -0.2) is 4.98 Å². The van der Waals surface area contributed by atoms with Crippen LogP contribution in [0.1, 0.15) is 0 Å². The Labute approximate surface area is 129 Å². The lowest BCUT2D eigenvalue weighted by molar-refractivity contribution is -0.113. The van der Waals surface area contributed by atoms with Gasteiger partial charge in [0.1, 0.15) is 5.03 Å². The van der Waals surface area contributed by atoms with Crippen LogP contribution in [-0.4, -0.2) is 21.6 Å². The molecule has 1 aromatic carbocycles. The fourth-order valence-corrected chi connectivity index (χ4v) is 2.61. The number of nitrogens with one attached hydrogen (secondary N) is 1. The zero-order valence-corrected chi connectivity index (χ0v) is 12.5. The number of anilines is 2. The van der Waals surface area contributed by atoms with Gasteiger partial charge in [0.15, 0.2) is 0 Å². The third-order valence-corrected chi connectivity index (χ3v) is 3.73. The van der Waals surface area contributed by atoms with Crippen LogP contribution in [0.2, 0.25) is 10.0 Å². The minimum Gasteiger partial charge on any atom is -0.399 e. The molecule has 0 unspecified atom stereocenters. The van der Waals surface area contributed by atoms with Crippen molar-refractivity contribution in [3.05, 3.63) is 40.8 Å². The zero-order valence-electron chi connectivity index (χ0n) is 10.1. The summed E-state index contributed by atoms with van der Waals surface area (Å²) in [6, 6.07) is 3.05. The molecule has 1 amide bonds. The number of hydrogen-bond donors (Lipinski definition) is 2. The first-order valence-corrected chi connectivity index (χ1v) is 7.23. The lowest BCUT2D eigenvalue weighted by Gasteiger charge is -2.09. The molecule has 0 aliphatic carbocycles. The number of nitrogens with two attached hydrogens (primary N) is 1. The molecule has 2 rings (SSSR count). The Hall–Kier alpha value is -1.50. The second-order valence-electron chi connectivity index (χ2n) is 3.74. The van der Waals surface area contributed by atoms with Gasteiger partial charge in [-0.1, -0.05) is 35.0 Å². The molecule has 0 radical (unpaired) electrons. The molecule has 0 saturated carbocycles. The van der Waals surface area contributed by atoms with E-state index in [4.69, 9.17) is 28.9 Å². The second-order valence-corrected chi connectivity index (χ2v) is 5.55. The summed E-state index contributed by atoms with van der Waals surface area (Å²) in [4.78, 5) is 19.8. The Balaban J connectivity index is 1.98. The van der Waals surface area contributed by atoms with Gasteiger partial charge in [0.05, 0.1) is 27.7 Å². The Morgan fingerprint density at radius 3 is 2.60 bits per heavy atom. The summed E-state index contributed by atoms with van der Waals surface area (Å²) in [5, 5.41) is 3.91. The Morgan fingerprint density at radius 2 is 2.00 bits per heavy atom. The monoisotopic (exact) mass is 328 g/mol. The molecule has 0 aliphatic heterocycles. The molecule has 2 aromatic rings. The van der Waals surface area contributed by atoms with E-state index in [0.29, 0.717) is 26.4 Å². The van der Waals surface area contributed by atoms with Gasteiger partial charge in [0.25, 0.3) is 0 Å². The number of rotatable bonds is 4. The predicted molar refractivity (Wildman–Crippen MR) is 82.3 cm³/mol. The lowest BCUT2D eigenvalue weighted by atomic mass is 10.3.